The van der Waals surface area contributed by atoms with E-state index in [1.807, 2.05) is 48.5 Å². The molecule has 0 unspecified atom stereocenters. The van der Waals surface area contributed by atoms with Gasteiger partial charge in [0.15, 0.2) is 5.69 Å². The van der Waals surface area contributed by atoms with Crippen LogP contribution in [0.4, 0.5) is 0 Å². The van der Waals surface area contributed by atoms with Gasteiger partial charge in [0.05, 0.1) is 5.69 Å². The molecule has 3 saturated heterocycles. The number of hydrogen-bond acceptors (Lipinski definition) is 5. The zero-order chi connectivity index (χ0) is 24.0. The molecule has 3 aromatic rings. The van der Waals surface area contributed by atoms with Crippen molar-refractivity contribution in [3.8, 4) is 16.9 Å². The molecule has 182 valence electrons. The van der Waals surface area contributed by atoms with Crippen molar-refractivity contribution < 1.29 is 9.53 Å². The van der Waals surface area contributed by atoms with E-state index < -0.39 is 0 Å². The third-order valence-electron chi connectivity index (χ3n) is 7.26. The predicted molar refractivity (Wildman–Crippen MR) is 137 cm³/mol. The fourth-order valence-electron chi connectivity index (χ4n) is 5.15. The standard InChI is InChI=1S/C29H34N4O2/c1-2-3-9-26-25(22-10-12-24(13-11-22)35-20-21-7-5-4-6-8-21)18-27(32-31-26)29(34)30-28-19-33-16-14-23(28)15-17-33/h4-8,10-13,18,23,28H,2-3,9,14-17,19-20H2,1H3,(H,30,34)/t28-/m0/s1. The highest BCUT2D eigenvalue weighted by atomic mass is 16.5. The summed E-state index contributed by atoms with van der Waals surface area (Å²) in [5.74, 6) is 1.26. The van der Waals surface area contributed by atoms with Crippen molar-refractivity contribution in [1.82, 2.24) is 20.4 Å². The van der Waals surface area contributed by atoms with E-state index in [1.165, 1.54) is 0 Å². The van der Waals surface area contributed by atoms with Crippen LogP contribution in [0.3, 0.4) is 0 Å². The van der Waals surface area contributed by atoms with Gasteiger partial charge in [0.2, 0.25) is 0 Å². The maximum atomic E-state index is 13.1. The van der Waals surface area contributed by atoms with Gasteiger partial charge in [-0.1, -0.05) is 55.8 Å². The number of carbonyl (C=O) groups excluding carboxylic acids is 1. The number of aromatic nitrogens is 2. The van der Waals surface area contributed by atoms with E-state index in [0.717, 1.165) is 79.9 Å². The topological polar surface area (TPSA) is 67.4 Å². The fourth-order valence-corrected chi connectivity index (χ4v) is 5.15. The van der Waals surface area contributed by atoms with Gasteiger partial charge >= 0.3 is 0 Å². The van der Waals surface area contributed by atoms with Gasteiger partial charge in [0.25, 0.3) is 5.91 Å². The molecular formula is C29H34N4O2. The summed E-state index contributed by atoms with van der Waals surface area (Å²) in [6, 6.07) is 20.3. The largest absolute Gasteiger partial charge is 0.489 e. The number of aryl methyl sites for hydroxylation is 1. The molecule has 0 spiro atoms. The minimum absolute atomic E-state index is 0.123. The second-order valence-electron chi connectivity index (χ2n) is 9.71. The molecule has 0 radical (unpaired) electrons. The summed E-state index contributed by atoms with van der Waals surface area (Å²) in [7, 11) is 0. The number of hydrogen-bond donors (Lipinski definition) is 1. The Balaban J connectivity index is 1.32. The van der Waals surface area contributed by atoms with Crippen molar-refractivity contribution in [2.45, 2.75) is 51.7 Å². The number of carbonyl (C=O) groups is 1. The van der Waals surface area contributed by atoms with Crippen LogP contribution in [-0.4, -0.2) is 46.7 Å². The van der Waals surface area contributed by atoms with Gasteiger partial charge < -0.3 is 15.0 Å². The SMILES string of the molecule is CCCCc1nnc(C(=O)N[C@H]2CN3CCC2CC3)cc1-c1ccc(OCc2ccccc2)cc1. The first kappa shape index (κ1) is 23.5. The Kier molecular flexibility index (Phi) is 7.38. The van der Waals surface area contributed by atoms with Crippen LogP contribution in [0.2, 0.25) is 0 Å². The molecule has 3 fully saturated rings. The molecule has 6 nitrogen and oxygen atoms in total. The minimum Gasteiger partial charge on any atom is -0.489 e. The smallest absolute Gasteiger partial charge is 0.272 e. The molecule has 1 aromatic heterocycles. The molecule has 2 aromatic carbocycles. The van der Waals surface area contributed by atoms with Crippen LogP contribution in [0.5, 0.6) is 5.75 Å². The summed E-state index contributed by atoms with van der Waals surface area (Å²) in [4.78, 5) is 15.6. The summed E-state index contributed by atoms with van der Waals surface area (Å²) in [5.41, 5.74) is 4.46. The quantitative estimate of drug-likeness (QED) is 0.482. The van der Waals surface area contributed by atoms with E-state index in [4.69, 9.17) is 4.74 Å². The zero-order valence-electron chi connectivity index (χ0n) is 20.5. The molecule has 3 aliphatic heterocycles. The second kappa shape index (κ2) is 11.0. The average molecular weight is 471 g/mol. The van der Waals surface area contributed by atoms with Gasteiger partial charge in [-0.15, -0.1) is 5.10 Å². The number of ether oxygens (including phenoxy) is 1. The van der Waals surface area contributed by atoms with Gasteiger partial charge in [-0.25, -0.2) is 0 Å². The number of nitrogens with zero attached hydrogens (tertiary/aromatic N) is 3. The van der Waals surface area contributed by atoms with Crippen LogP contribution in [-0.2, 0) is 13.0 Å². The van der Waals surface area contributed by atoms with E-state index in [1.54, 1.807) is 0 Å². The Labute approximate surface area is 207 Å². The van der Waals surface area contributed by atoms with Gasteiger partial charge in [0, 0.05) is 18.2 Å². The Morgan fingerprint density at radius 2 is 1.83 bits per heavy atom. The van der Waals surface area contributed by atoms with Crippen molar-refractivity contribution in [1.29, 1.82) is 0 Å². The third kappa shape index (κ3) is 5.70. The van der Waals surface area contributed by atoms with Crippen molar-refractivity contribution in [2.24, 2.45) is 5.92 Å². The first-order chi connectivity index (χ1) is 17.2. The summed E-state index contributed by atoms with van der Waals surface area (Å²) in [5, 5.41) is 12.1. The van der Waals surface area contributed by atoms with Crippen LogP contribution < -0.4 is 10.1 Å². The molecule has 0 aliphatic carbocycles. The highest BCUT2D eigenvalue weighted by Crippen LogP contribution is 2.29. The number of fused-ring (bicyclic) bond motifs is 3. The van der Waals surface area contributed by atoms with Crippen molar-refractivity contribution in [2.75, 3.05) is 19.6 Å². The Bertz CT molecular complexity index is 1130. The van der Waals surface area contributed by atoms with Gasteiger partial charge in [-0.3, -0.25) is 4.79 Å². The molecule has 0 saturated carbocycles. The number of benzene rings is 2. The summed E-state index contributed by atoms with van der Waals surface area (Å²) in [6.07, 6.45) is 5.28. The normalized spacial score (nSPS) is 21.0. The number of amides is 1. The maximum Gasteiger partial charge on any atom is 0.272 e. The summed E-state index contributed by atoms with van der Waals surface area (Å²) >= 11 is 0. The molecule has 6 rings (SSSR count). The predicted octanol–water partition coefficient (Wildman–Crippen LogP) is 4.89. The van der Waals surface area contributed by atoms with E-state index in [9.17, 15) is 4.79 Å². The van der Waals surface area contributed by atoms with Crippen LogP contribution in [0.25, 0.3) is 11.1 Å². The molecule has 2 bridgehead atoms. The molecule has 3 aliphatic rings. The van der Waals surface area contributed by atoms with Crippen LogP contribution in [0.15, 0.2) is 60.7 Å². The van der Waals surface area contributed by atoms with Crippen molar-refractivity contribution in [3.63, 3.8) is 0 Å². The summed E-state index contributed by atoms with van der Waals surface area (Å²) in [6.45, 7) is 5.94. The van der Waals surface area contributed by atoms with E-state index in [0.29, 0.717) is 18.2 Å². The third-order valence-corrected chi connectivity index (χ3v) is 7.26. The van der Waals surface area contributed by atoms with E-state index >= 15 is 0 Å². The fraction of sp³-hybridized carbons (Fsp3) is 0.414. The molecule has 4 heterocycles. The van der Waals surface area contributed by atoms with Gasteiger partial charge in [-0.2, -0.15) is 5.10 Å². The number of rotatable bonds is 9. The molecule has 6 heteroatoms. The molecule has 35 heavy (non-hydrogen) atoms. The lowest BCUT2D eigenvalue weighted by atomic mass is 9.84. The second-order valence-corrected chi connectivity index (χ2v) is 9.71. The first-order valence-electron chi connectivity index (χ1n) is 12.9. The van der Waals surface area contributed by atoms with Gasteiger partial charge in [0.1, 0.15) is 12.4 Å². The maximum absolute atomic E-state index is 13.1. The van der Waals surface area contributed by atoms with E-state index in [-0.39, 0.29) is 11.9 Å². The van der Waals surface area contributed by atoms with Crippen molar-refractivity contribution >= 4 is 5.91 Å². The number of nitrogens with one attached hydrogen (secondary N) is 1. The van der Waals surface area contributed by atoms with Crippen LogP contribution in [0, 0.1) is 5.92 Å². The highest BCUT2D eigenvalue weighted by molar-refractivity contribution is 5.93. The van der Waals surface area contributed by atoms with Crippen molar-refractivity contribution in [3.05, 3.63) is 77.6 Å². The van der Waals surface area contributed by atoms with E-state index in [2.05, 4.69) is 39.5 Å². The monoisotopic (exact) mass is 470 g/mol. The molecule has 1 amide bonds. The lowest BCUT2D eigenvalue weighted by Crippen LogP contribution is -2.57. The minimum atomic E-state index is -0.123. The Morgan fingerprint density at radius 3 is 2.51 bits per heavy atom. The van der Waals surface area contributed by atoms with Gasteiger partial charge in [-0.05, 0) is 74.0 Å². The Morgan fingerprint density at radius 1 is 1.06 bits per heavy atom. The molecule has 1 N–H and O–H groups in total. The zero-order valence-corrected chi connectivity index (χ0v) is 20.5. The average Bonchev–Trinajstić information content (AvgIpc) is 2.92. The first-order valence-corrected chi connectivity index (χ1v) is 12.9. The van der Waals surface area contributed by atoms with Crippen LogP contribution in [0.1, 0.15) is 54.4 Å². The highest BCUT2D eigenvalue weighted by Gasteiger charge is 2.35. The van der Waals surface area contributed by atoms with Crippen LogP contribution >= 0.6 is 0 Å². The summed E-state index contributed by atoms with van der Waals surface area (Å²) < 4.78 is 5.95. The molecule has 1 atom stereocenters. The lowest BCUT2D eigenvalue weighted by molar-refractivity contribution is 0.0617. The Hall–Kier alpha value is -3.25. The number of unbranched alkanes of at least 4 members (excludes halogenated alkanes) is 1. The molecular weight excluding hydrogens is 436 g/mol. The number of piperidine rings is 3. The lowest BCUT2D eigenvalue weighted by Gasteiger charge is -2.44.